The van der Waals surface area contributed by atoms with Gasteiger partial charge in [0.25, 0.3) is 0 Å². The number of pyridine rings is 1. The number of nitrogens with two attached hydrogens (primary N) is 1. The average Bonchev–Trinajstić information content (AvgIpc) is 3.20. The van der Waals surface area contributed by atoms with Gasteiger partial charge >= 0.3 is 0 Å². The molecule has 132 valence electrons. The highest BCUT2D eigenvalue weighted by Crippen LogP contribution is 2.40. The molecule has 2 heterocycles. The lowest BCUT2D eigenvalue weighted by atomic mass is 9.99. The van der Waals surface area contributed by atoms with Gasteiger partial charge in [-0.2, -0.15) is 5.26 Å². The fraction of sp³-hybridized carbons (Fsp3) is 0.333. The largest absolute Gasteiger partial charge is 0.397 e. The maximum absolute atomic E-state index is 9.99. The normalized spacial score (nSPS) is 19.8. The zero-order valence-electron chi connectivity index (χ0n) is 15.0. The van der Waals surface area contributed by atoms with Gasteiger partial charge in [0.05, 0.1) is 29.6 Å². The zero-order chi connectivity index (χ0) is 18.4. The van der Waals surface area contributed by atoms with Crippen molar-refractivity contribution in [3.05, 3.63) is 47.4 Å². The van der Waals surface area contributed by atoms with Crippen LogP contribution in [0.25, 0.3) is 22.0 Å². The Hall–Kier alpha value is -2.84. The summed E-state index contributed by atoms with van der Waals surface area (Å²) in [5.41, 5.74) is 12.5. The summed E-state index contributed by atoms with van der Waals surface area (Å²) in [7, 11) is 0. The first kappa shape index (κ1) is 16.6. The molecule has 3 N–H and O–H groups in total. The Balaban J connectivity index is 2.01. The third kappa shape index (κ3) is 2.54. The third-order valence-electron chi connectivity index (χ3n) is 5.61. The minimum absolute atomic E-state index is 0.240. The topological polar surface area (TPSA) is 87.9 Å². The number of aliphatic hydroxyl groups is 1. The molecule has 1 fully saturated rings. The van der Waals surface area contributed by atoms with E-state index in [-0.39, 0.29) is 12.1 Å². The molecular formula is C21H22N4O. The van der Waals surface area contributed by atoms with Gasteiger partial charge in [-0.1, -0.05) is 0 Å². The van der Waals surface area contributed by atoms with Crippen LogP contribution in [0.5, 0.6) is 0 Å². The number of aliphatic hydroxyl groups excluding tert-OH is 1. The number of rotatable bonds is 2. The average molecular weight is 346 g/mol. The van der Waals surface area contributed by atoms with Gasteiger partial charge in [0.15, 0.2) is 0 Å². The molecule has 1 aromatic carbocycles. The van der Waals surface area contributed by atoms with Crippen LogP contribution in [-0.2, 0) is 0 Å². The van der Waals surface area contributed by atoms with E-state index in [4.69, 9.17) is 5.73 Å². The van der Waals surface area contributed by atoms with Crippen molar-refractivity contribution in [2.75, 3.05) is 5.73 Å². The monoisotopic (exact) mass is 346 g/mol. The highest BCUT2D eigenvalue weighted by molar-refractivity contribution is 5.98. The fourth-order valence-corrected chi connectivity index (χ4v) is 4.04. The van der Waals surface area contributed by atoms with E-state index in [9.17, 15) is 10.4 Å². The maximum atomic E-state index is 9.99. The highest BCUT2D eigenvalue weighted by atomic mass is 16.3. The predicted octanol–water partition coefficient (Wildman–Crippen LogP) is 3.86. The van der Waals surface area contributed by atoms with Crippen LogP contribution in [0.15, 0.2) is 30.7 Å². The van der Waals surface area contributed by atoms with Crippen LogP contribution in [0.2, 0.25) is 0 Å². The van der Waals surface area contributed by atoms with Gasteiger partial charge in [0, 0.05) is 40.5 Å². The van der Waals surface area contributed by atoms with Crippen LogP contribution < -0.4 is 5.73 Å². The number of benzene rings is 1. The second-order valence-electron chi connectivity index (χ2n) is 7.27. The Morgan fingerprint density at radius 2 is 2.04 bits per heavy atom. The van der Waals surface area contributed by atoms with Gasteiger partial charge in [-0.05, 0) is 56.4 Å². The van der Waals surface area contributed by atoms with Gasteiger partial charge in [0.1, 0.15) is 0 Å². The maximum Gasteiger partial charge on any atom is 0.0994 e. The van der Waals surface area contributed by atoms with Crippen molar-refractivity contribution < 1.29 is 5.11 Å². The Morgan fingerprint density at radius 1 is 1.23 bits per heavy atom. The first-order chi connectivity index (χ1) is 12.5. The van der Waals surface area contributed by atoms with Crippen LogP contribution in [-0.4, -0.2) is 20.8 Å². The summed E-state index contributed by atoms with van der Waals surface area (Å²) in [6, 6.07) is 6.60. The van der Waals surface area contributed by atoms with Gasteiger partial charge in [-0.3, -0.25) is 4.98 Å². The Bertz CT molecular complexity index is 1040. The van der Waals surface area contributed by atoms with Gasteiger partial charge in [-0.15, -0.1) is 0 Å². The number of nitriles is 1. The molecule has 0 amide bonds. The lowest BCUT2D eigenvalue weighted by Gasteiger charge is -2.14. The molecular weight excluding hydrogens is 324 g/mol. The summed E-state index contributed by atoms with van der Waals surface area (Å²) in [6.45, 7) is 3.96. The second-order valence-corrected chi connectivity index (χ2v) is 7.27. The molecule has 5 nitrogen and oxygen atoms in total. The minimum Gasteiger partial charge on any atom is -0.397 e. The molecule has 4 rings (SSSR count). The number of anilines is 1. The van der Waals surface area contributed by atoms with E-state index in [1.54, 1.807) is 6.20 Å². The van der Waals surface area contributed by atoms with Gasteiger partial charge in [-0.25, -0.2) is 0 Å². The fourth-order valence-electron chi connectivity index (χ4n) is 4.04. The van der Waals surface area contributed by atoms with E-state index in [1.807, 2.05) is 26.1 Å². The lowest BCUT2D eigenvalue weighted by molar-refractivity contribution is 0.178. The number of aryl methyl sites for hydroxylation is 1. The van der Waals surface area contributed by atoms with Crippen molar-refractivity contribution >= 4 is 16.6 Å². The number of nitrogen functional groups attached to an aromatic ring is 1. The zero-order valence-corrected chi connectivity index (χ0v) is 15.0. The first-order valence-electron chi connectivity index (χ1n) is 8.93. The molecule has 0 unspecified atom stereocenters. The van der Waals surface area contributed by atoms with E-state index in [0.717, 1.165) is 52.4 Å². The van der Waals surface area contributed by atoms with E-state index in [0.29, 0.717) is 11.3 Å². The Morgan fingerprint density at radius 3 is 2.73 bits per heavy atom. The standard InChI is InChI=1S/C21H22N4O/c1-12-5-21-17(6-14(12)8-22)19(18-9-24-10-20(23)13(18)2)11-25(21)15-3-4-16(26)7-15/h5-6,9-11,15-16,26H,3-4,7,23H2,1-2H3/t15-,16+/m0/s1. The summed E-state index contributed by atoms with van der Waals surface area (Å²) in [6.07, 6.45) is 7.94. The number of aromatic nitrogens is 2. The number of hydrogen-bond donors (Lipinski definition) is 2. The van der Waals surface area contributed by atoms with Gasteiger partial charge in [0.2, 0.25) is 0 Å². The quantitative estimate of drug-likeness (QED) is 0.737. The third-order valence-corrected chi connectivity index (χ3v) is 5.61. The molecule has 3 aromatic rings. The number of fused-ring (bicyclic) bond motifs is 1. The summed E-state index contributed by atoms with van der Waals surface area (Å²) in [5.74, 6) is 0. The molecule has 0 saturated heterocycles. The summed E-state index contributed by atoms with van der Waals surface area (Å²) in [5, 5.41) is 20.5. The molecule has 1 aliphatic rings. The summed E-state index contributed by atoms with van der Waals surface area (Å²) < 4.78 is 2.26. The van der Waals surface area contributed by atoms with Crippen molar-refractivity contribution in [2.45, 2.75) is 45.3 Å². The molecule has 2 atom stereocenters. The number of nitrogens with zero attached hydrogens (tertiary/aromatic N) is 3. The minimum atomic E-state index is -0.240. The van der Waals surface area contributed by atoms with Crippen LogP contribution in [0, 0.1) is 25.2 Å². The SMILES string of the molecule is Cc1cc2c(cc1C#N)c(-c1cncc(N)c1C)cn2[C@H]1CC[C@@H](O)C1. The summed E-state index contributed by atoms with van der Waals surface area (Å²) >= 11 is 0. The molecule has 26 heavy (non-hydrogen) atoms. The van der Waals surface area contributed by atoms with E-state index < -0.39 is 0 Å². The molecule has 5 heteroatoms. The summed E-state index contributed by atoms with van der Waals surface area (Å²) in [4.78, 5) is 4.27. The lowest BCUT2D eigenvalue weighted by Crippen LogP contribution is -2.06. The van der Waals surface area contributed by atoms with Crippen molar-refractivity contribution in [3.8, 4) is 17.2 Å². The van der Waals surface area contributed by atoms with Crippen molar-refractivity contribution in [2.24, 2.45) is 0 Å². The Labute approximate surface area is 152 Å². The molecule has 0 aliphatic heterocycles. The molecule has 0 spiro atoms. The molecule has 1 aliphatic carbocycles. The van der Waals surface area contributed by atoms with E-state index in [1.165, 1.54) is 0 Å². The first-order valence-corrected chi connectivity index (χ1v) is 8.93. The van der Waals surface area contributed by atoms with Crippen LogP contribution in [0.1, 0.15) is 42.0 Å². The Kier molecular flexibility index (Phi) is 3.93. The predicted molar refractivity (Wildman–Crippen MR) is 103 cm³/mol. The van der Waals surface area contributed by atoms with Crippen LogP contribution in [0.3, 0.4) is 0 Å². The molecule has 0 radical (unpaired) electrons. The molecule has 0 bridgehead atoms. The van der Waals surface area contributed by atoms with Gasteiger partial charge < -0.3 is 15.4 Å². The van der Waals surface area contributed by atoms with Crippen LogP contribution in [0.4, 0.5) is 5.69 Å². The van der Waals surface area contributed by atoms with Crippen LogP contribution >= 0.6 is 0 Å². The van der Waals surface area contributed by atoms with Crippen molar-refractivity contribution in [1.82, 2.24) is 9.55 Å². The number of hydrogen-bond acceptors (Lipinski definition) is 4. The van der Waals surface area contributed by atoms with E-state index >= 15 is 0 Å². The second kappa shape index (κ2) is 6.15. The van der Waals surface area contributed by atoms with Crippen molar-refractivity contribution in [1.29, 1.82) is 5.26 Å². The highest BCUT2D eigenvalue weighted by Gasteiger charge is 2.26. The molecule has 1 saturated carbocycles. The van der Waals surface area contributed by atoms with E-state index in [2.05, 4.69) is 27.9 Å². The van der Waals surface area contributed by atoms with Crippen molar-refractivity contribution in [3.63, 3.8) is 0 Å². The smallest absolute Gasteiger partial charge is 0.0994 e. The molecule has 2 aromatic heterocycles.